The molecule has 130 valence electrons. The van der Waals surface area contributed by atoms with Crippen LogP contribution in [0, 0.1) is 5.92 Å². The fourth-order valence-electron chi connectivity index (χ4n) is 2.07. The third kappa shape index (κ3) is 4.18. The molecule has 0 spiro atoms. The molecule has 1 aromatic carbocycles. The standard InChI is InChI=1S/C16H12F6O2/c1-9-2-4-11(7-14(9)23)24-8-10-3-5-12(15(17,18)19)13(6-10)16(20,21)22/h2-7,9H,8H2,1H3. The lowest BCUT2D eigenvalue weighted by molar-refractivity contribution is -0.162. The Hall–Kier alpha value is -2.25. The fraction of sp³-hybridized carbons (Fsp3) is 0.312. The van der Waals surface area contributed by atoms with Crippen molar-refractivity contribution in [1.29, 1.82) is 0 Å². The van der Waals surface area contributed by atoms with E-state index >= 15 is 0 Å². The molecule has 24 heavy (non-hydrogen) atoms. The highest BCUT2D eigenvalue weighted by atomic mass is 19.4. The summed E-state index contributed by atoms with van der Waals surface area (Å²) in [6.45, 7) is 1.27. The van der Waals surface area contributed by atoms with E-state index in [2.05, 4.69) is 0 Å². The number of carbonyl (C=O) groups excluding carboxylic acids is 1. The summed E-state index contributed by atoms with van der Waals surface area (Å²) in [6, 6.07) is 1.69. The van der Waals surface area contributed by atoms with E-state index in [1.54, 1.807) is 13.0 Å². The predicted octanol–water partition coefficient (Wildman–Crippen LogP) is 4.90. The number of ether oxygens (including phenoxy) is 1. The first-order valence-electron chi connectivity index (χ1n) is 6.82. The monoisotopic (exact) mass is 350 g/mol. The van der Waals surface area contributed by atoms with Crippen molar-refractivity contribution in [3.05, 3.63) is 58.9 Å². The van der Waals surface area contributed by atoms with E-state index in [9.17, 15) is 31.1 Å². The zero-order valence-corrected chi connectivity index (χ0v) is 12.3. The number of ketones is 1. The molecule has 0 amide bonds. The van der Waals surface area contributed by atoms with Crippen molar-refractivity contribution in [2.75, 3.05) is 0 Å². The summed E-state index contributed by atoms with van der Waals surface area (Å²) < 4.78 is 81.7. The fourth-order valence-corrected chi connectivity index (χ4v) is 2.07. The second-order valence-electron chi connectivity index (χ2n) is 5.26. The van der Waals surface area contributed by atoms with E-state index in [-0.39, 0.29) is 29.6 Å². The van der Waals surface area contributed by atoms with Crippen LogP contribution in [0.4, 0.5) is 26.3 Å². The molecular weight excluding hydrogens is 338 g/mol. The molecule has 0 fully saturated rings. The number of halogens is 6. The van der Waals surface area contributed by atoms with Gasteiger partial charge in [-0.3, -0.25) is 4.79 Å². The molecule has 8 heteroatoms. The summed E-state index contributed by atoms with van der Waals surface area (Å²) in [4.78, 5) is 11.5. The molecule has 2 nitrogen and oxygen atoms in total. The maximum Gasteiger partial charge on any atom is 0.417 e. The summed E-state index contributed by atoms with van der Waals surface area (Å²) in [7, 11) is 0. The van der Waals surface area contributed by atoms with Gasteiger partial charge in [-0.05, 0) is 23.8 Å². The Morgan fingerprint density at radius 1 is 1.04 bits per heavy atom. The molecule has 0 saturated heterocycles. The number of carbonyl (C=O) groups is 1. The maximum atomic E-state index is 12.8. The molecule has 1 unspecified atom stereocenters. The Labute approximate surface area is 133 Å². The molecular formula is C16H12F6O2. The highest BCUT2D eigenvalue weighted by Crippen LogP contribution is 2.40. The van der Waals surface area contributed by atoms with Gasteiger partial charge in [0.15, 0.2) is 5.78 Å². The molecule has 0 aromatic heterocycles. The summed E-state index contributed by atoms with van der Waals surface area (Å²) >= 11 is 0. The van der Waals surface area contributed by atoms with Gasteiger partial charge >= 0.3 is 12.4 Å². The Bertz CT molecular complexity index is 697. The average Bonchev–Trinajstić information content (AvgIpc) is 2.46. The largest absolute Gasteiger partial charge is 0.489 e. The summed E-state index contributed by atoms with van der Waals surface area (Å²) in [6.07, 6.45) is -6.01. The third-order valence-corrected chi connectivity index (χ3v) is 3.38. The van der Waals surface area contributed by atoms with Crippen molar-refractivity contribution in [3.63, 3.8) is 0 Å². The average molecular weight is 350 g/mol. The first kappa shape index (κ1) is 18.1. The van der Waals surface area contributed by atoms with Crippen molar-refractivity contribution in [1.82, 2.24) is 0 Å². The van der Waals surface area contributed by atoms with Crippen LogP contribution in [0.25, 0.3) is 0 Å². The van der Waals surface area contributed by atoms with Crippen LogP contribution >= 0.6 is 0 Å². The van der Waals surface area contributed by atoms with E-state index in [1.165, 1.54) is 12.2 Å². The van der Waals surface area contributed by atoms with Crippen molar-refractivity contribution < 1.29 is 35.9 Å². The van der Waals surface area contributed by atoms with E-state index < -0.39 is 23.5 Å². The van der Waals surface area contributed by atoms with Crippen LogP contribution in [0.3, 0.4) is 0 Å². The second-order valence-corrected chi connectivity index (χ2v) is 5.26. The zero-order chi connectivity index (χ0) is 18.1. The van der Waals surface area contributed by atoms with Gasteiger partial charge in [0.25, 0.3) is 0 Å². The van der Waals surface area contributed by atoms with E-state index in [1.807, 2.05) is 0 Å². The number of rotatable bonds is 3. The van der Waals surface area contributed by atoms with Gasteiger partial charge < -0.3 is 4.74 Å². The molecule has 0 radical (unpaired) electrons. The lowest BCUT2D eigenvalue weighted by Gasteiger charge is -2.17. The van der Waals surface area contributed by atoms with E-state index in [4.69, 9.17) is 4.74 Å². The van der Waals surface area contributed by atoms with Gasteiger partial charge in [-0.25, -0.2) is 0 Å². The van der Waals surface area contributed by atoms with Crippen molar-refractivity contribution in [3.8, 4) is 0 Å². The maximum absolute atomic E-state index is 12.8. The molecule has 1 aliphatic rings. The number of alkyl halides is 6. The van der Waals surface area contributed by atoms with Gasteiger partial charge in [0.2, 0.25) is 0 Å². The van der Waals surface area contributed by atoms with Crippen LogP contribution < -0.4 is 0 Å². The topological polar surface area (TPSA) is 26.3 Å². The molecule has 0 aliphatic heterocycles. The van der Waals surface area contributed by atoms with E-state index in [0.717, 1.165) is 6.07 Å². The molecule has 0 heterocycles. The summed E-state index contributed by atoms with van der Waals surface area (Å²) in [5.41, 5.74) is -3.61. The Morgan fingerprint density at radius 2 is 1.67 bits per heavy atom. The van der Waals surface area contributed by atoms with Gasteiger partial charge in [-0.15, -0.1) is 0 Å². The molecule has 0 bridgehead atoms. The second kappa shape index (κ2) is 6.33. The van der Waals surface area contributed by atoms with Crippen molar-refractivity contribution in [2.45, 2.75) is 25.9 Å². The number of hydrogen-bond acceptors (Lipinski definition) is 2. The lowest BCUT2D eigenvalue weighted by Crippen LogP contribution is -2.17. The molecule has 0 N–H and O–H groups in total. The molecule has 2 rings (SSSR count). The Morgan fingerprint density at radius 3 is 2.21 bits per heavy atom. The minimum Gasteiger partial charge on any atom is -0.489 e. The third-order valence-electron chi connectivity index (χ3n) is 3.38. The van der Waals surface area contributed by atoms with Crippen molar-refractivity contribution in [2.24, 2.45) is 5.92 Å². The highest BCUT2D eigenvalue weighted by Gasteiger charge is 2.43. The van der Waals surface area contributed by atoms with Crippen LogP contribution in [-0.4, -0.2) is 5.78 Å². The van der Waals surface area contributed by atoms with Gasteiger partial charge in [0.05, 0.1) is 11.1 Å². The van der Waals surface area contributed by atoms with Crippen LogP contribution in [-0.2, 0) is 28.5 Å². The minimum absolute atomic E-state index is 0.0873. The first-order valence-corrected chi connectivity index (χ1v) is 6.82. The zero-order valence-electron chi connectivity index (χ0n) is 12.3. The number of hydrogen-bond donors (Lipinski definition) is 0. The molecule has 0 saturated carbocycles. The number of allylic oxidation sites excluding steroid dienone is 3. The Balaban J connectivity index is 2.22. The molecule has 1 atom stereocenters. The van der Waals surface area contributed by atoms with E-state index in [0.29, 0.717) is 12.1 Å². The van der Waals surface area contributed by atoms with Gasteiger partial charge in [0.1, 0.15) is 12.4 Å². The summed E-state index contributed by atoms with van der Waals surface area (Å²) in [5, 5.41) is 0. The number of benzene rings is 1. The van der Waals surface area contributed by atoms with Gasteiger partial charge in [0, 0.05) is 12.0 Å². The highest BCUT2D eigenvalue weighted by molar-refractivity contribution is 5.94. The van der Waals surface area contributed by atoms with Crippen LogP contribution in [0.2, 0.25) is 0 Å². The summed E-state index contributed by atoms with van der Waals surface area (Å²) in [5.74, 6) is -0.400. The predicted molar refractivity (Wildman–Crippen MR) is 72.6 cm³/mol. The molecule has 1 aliphatic carbocycles. The van der Waals surface area contributed by atoms with Crippen LogP contribution in [0.15, 0.2) is 42.2 Å². The smallest absolute Gasteiger partial charge is 0.417 e. The van der Waals surface area contributed by atoms with Gasteiger partial charge in [-0.2, -0.15) is 26.3 Å². The minimum atomic E-state index is -5.14. The normalized spacial score (nSPS) is 18.5. The van der Waals surface area contributed by atoms with Crippen molar-refractivity contribution >= 4 is 5.78 Å². The quantitative estimate of drug-likeness (QED) is 0.725. The Kier molecular flexibility index (Phi) is 4.77. The van der Waals surface area contributed by atoms with Crippen LogP contribution in [0.5, 0.6) is 0 Å². The first-order chi connectivity index (χ1) is 11.0. The van der Waals surface area contributed by atoms with Crippen LogP contribution in [0.1, 0.15) is 23.6 Å². The molecule has 1 aromatic rings. The lowest BCUT2D eigenvalue weighted by atomic mass is 10.0. The van der Waals surface area contributed by atoms with Gasteiger partial charge in [-0.1, -0.05) is 19.1 Å². The SMILES string of the molecule is CC1C=CC(OCc2ccc(C(F)(F)F)c(C(F)(F)F)c2)=CC1=O.